The molecule has 2 aromatic rings. The molecule has 0 spiro atoms. The Morgan fingerprint density at radius 3 is 2.79 bits per heavy atom. The monoisotopic (exact) mass is 207 g/mol. The highest BCUT2D eigenvalue weighted by molar-refractivity contribution is 7.22. The molecule has 0 aliphatic heterocycles. The van der Waals surface area contributed by atoms with Crippen LogP contribution in [0.15, 0.2) is 18.2 Å². The van der Waals surface area contributed by atoms with E-state index in [0.29, 0.717) is 10.6 Å². The van der Waals surface area contributed by atoms with Crippen LogP contribution in [0.4, 0.5) is 5.00 Å². The highest BCUT2D eigenvalue weighted by Gasteiger charge is 2.09. The Morgan fingerprint density at radius 1 is 1.43 bits per heavy atom. The molecule has 14 heavy (non-hydrogen) atoms. The number of anilines is 1. The van der Waals surface area contributed by atoms with Crippen LogP contribution >= 0.6 is 11.3 Å². The summed E-state index contributed by atoms with van der Waals surface area (Å²) in [6, 6.07) is 5.32. The zero-order chi connectivity index (χ0) is 10.3. The van der Waals surface area contributed by atoms with Gasteiger partial charge in [0.15, 0.2) is 0 Å². The van der Waals surface area contributed by atoms with Crippen LogP contribution in [0.25, 0.3) is 10.1 Å². The van der Waals surface area contributed by atoms with E-state index in [-0.39, 0.29) is 0 Å². The maximum atomic E-state index is 10.8. The number of fused-ring (bicyclic) bond motifs is 1. The molecule has 1 heterocycles. The van der Waals surface area contributed by atoms with E-state index in [1.54, 1.807) is 19.1 Å². The lowest BCUT2D eigenvalue weighted by atomic mass is 10.1. The predicted molar refractivity (Wildman–Crippen MR) is 57.9 cm³/mol. The Morgan fingerprint density at radius 2 is 2.14 bits per heavy atom. The van der Waals surface area contributed by atoms with Gasteiger partial charge in [-0.2, -0.15) is 0 Å². The van der Waals surface area contributed by atoms with Gasteiger partial charge in [-0.25, -0.2) is 4.79 Å². The number of carboxylic acids is 1. The molecule has 3 nitrogen and oxygen atoms in total. The van der Waals surface area contributed by atoms with E-state index in [9.17, 15) is 4.79 Å². The number of carbonyl (C=O) groups is 1. The summed E-state index contributed by atoms with van der Waals surface area (Å²) in [4.78, 5) is 10.8. The summed E-state index contributed by atoms with van der Waals surface area (Å²) in [5.41, 5.74) is 6.75. The molecule has 0 saturated heterocycles. The molecule has 0 amide bonds. The molecule has 4 heteroatoms. The van der Waals surface area contributed by atoms with Crippen LogP contribution in [0, 0.1) is 6.92 Å². The van der Waals surface area contributed by atoms with Gasteiger partial charge in [-0.05, 0) is 36.1 Å². The van der Waals surface area contributed by atoms with Gasteiger partial charge in [0.25, 0.3) is 0 Å². The lowest BCUT2D eigenvalue weighted by Crippen LogP contribution is -1.98. The topological polar surface area (TPSA) is 63.3 Å². The van der Waals surface area contributed by atoms with E-state index in [2.05, 4.69) is 0 Å². The van der Waals surface area contributed by atoms with E-state index < -0.39 is 5.97 Å². The first-order chi connectivity index (χ1) is 6.58. The number of rotatable bonds is 1. The van der Waals surface area contributed by atoms with E-state index in [1.165, 1.54) is 11.3 Å². The van der Waals surface area contributed by atoms with Gasteiger partial charge >= 0.3 is 5.97 Å². The largest absolute Gasteiger partial charge is 0.478 e. The van der Waals surface area contributed by atoms with Crippen LogP contribution in [0.3, 0.4) is 0 Å². The standard InChI is InChI=1S/C10H9NO2S/c1-5-2-8-6(4-9(11)14-8)3-7(5)10(12)13/h2-4H,11H2,1H3,(H,12,13). The average Bonchev–Trinajstić information content (AvgIpc) is 2.42. The molecular formula is C10H9NO2S. The summed E-state index contributed by atoms with van der Waals surface area (Å²) in [6.45, 7) is 1.79. The van der Waals surface area contributed by atoms with E-state index in [1.807, 2.05) is 6.07 Å². The molecule has 3 N–H and O–H groups in total. The minimum atomic E-state index is -0.894. The smallest absolute Gasteiger partial charge is 0.335 e. The second kappa shape index (κ2) is 2.99. The van der Waals surface area contributed by atoms with Crippen molar-refractivity contribution in [1.29, 1.82) is 0 Å². The van der Waals surface area contributed by atoms with Crippen molar-refractivity contribution in [2.75, 3.05) is 5.73 Å². The Balaban J connectivity index is 2.76. The third kappa shape index (κ3) is 1.33. The first-order valence-electron chi connectivity index (χ1n) is 4.11. The van der Waals surface area contributed by atoms with Gasteiger partial charge in [0.05, 0.1) is 10.6 Å². The summed E-state index contributed by atoms with van der Waals surface area (Å²) in [5, 5.41) is 10.5. The molecule has 0 aliphatic carbocycles. The third-order valence-corrected chi connectivity index (χ3v) is 3.04. The number of aromatic carboxylic acids is 1. The van der Waals surface area contributed by atoms with Crippen molar-refractivity contribution in [2.24, 2.45) is 0 Å². The van der Waals surface area contributed by atoms with Gasteiger partial charge in [-0.1, -0.05) is 0 Å². The van der Waals surface area contributed by atoms with Crippen LogP contribution in [-0.2, 0) is 0 Å². The molecule has 0 fully saturated rings. The van der Waals surface area contributed by atoms with Gasteiger partial charge < -0.3 is 10.8 Å². The Bertz CT molecular complexity index is 516. The predicted octanol–water partition coefficient (Wildman–Crippen LogP) is 2.49. The van der Waals surface area contributed by atoms with Gasteiger partial charge in [0, 0.05) is 4.70 Å². The molecule has 0 unspecified atom stereocenters. The Kier molecular flexibility index (Phi) is 1.93. The van der Waals surface area contributed by atoms with E-state index in [4.69, 9.17) is 10.8 Å². The summed E-state index contributed by atoms with van der Waals surface area (Å²) in [7, 11) is 0. The number of nitrogen functional groups attached to an aromatic ring is 1. The fourth-order valence-corrected chi connectivity index (χ4v) is 2.35. The minimum Gasteiger partial charge on any atom is -0.478 e. The highest BCUT2D eigenvalue weighted by atomic mass is 32.1. The molecular weight excluding hydrogens is 198 g/mol. The molecule has 0 saturated carbocycles. The molecule has 1 aromatic heterocycles. The first-order valence-corrected chi connectivity index (χ1v) is 4.92. The Hall–Kier alpha value is -1.55. The molecule has 0 bridgehead atoms. The zero-order valence-electron chi connectivity index (χ0n) is 7.57. The van der Waals surface area contributed by atoms with Crippen molar-refractivity contribution in [1.82, 2.24) is 0 Å². The molecule has 72 valence electrons. The molecule has 2 rings (SSSR count). The summed E-state index contributed by atoms with van der Waals surface area (Å²) < 4.78 is 1.03. The minimum absolute atomic E-state index is 0.343. The van der Waals surface area contributed by atoms with Crippen molar-refractivity contribution < 1.29 is 9.90 Å². The van der Waals surface area contributed by atoms with E-state index >= 15 is 0 Å². The SMILES string of the molecule is Cc1cc2sc(N)cc2cc1C(=O)O. The summed E-state index contributed by atoms with van der Waals surface area (Å²) >= 11 is 1.47. The maximum Gasteiger partial charge on any atom is 0.335 e. The normalized spacial score (nSPS) is 10.6. The Labute approximate surface area is 84.8 Å². The second-order valence-electron chi connectivity index (χ2n) is 3.16. The summed E-state index contributed by atoms with van der Waals surface area (Å²) in [5.74, 6) is -0.894. The quantitative estimate of drug-likeness (QED) is 0.755. The number of nitrogens with two attached hydrogens (primary N) is 1. The zero-order valence-corrected chi connectivity index (χ0v) is 8.39. The molecule has 1 aromatic carbocycles. The fraction of sp³-hybridized carbons (Fsp3) is 0.100. The highest BCUT2D eigenvalue weighted by Crippen LogP contribution is 2.29. The summed E-state index contributed by atoms with van der Waals surface area (Å²) in [6.07, 6.45) is 0. The van der Waals surface area contributed by atoms with Crippen molar-refractivity contribution in [3.8, 4) is 0 Å². The molecule has 0 radical (unpaired) electrons. The maximum absolute atomic E-state index is 10.8. The van der Waals surface area contributed by atoms with Crippen molar-refractivity contribution in [3.05, 3.63) is 29.3 Å². The average molecular weight is 207 g/mol. The van der Waals surface area contributed by atoms with Crippen LogP contribution in [-0.4, -0.2) is 11.1 Å². The van der Waals surface area contributed by atoms with Crippen LogP contribution in [0.5, 0.6) is 0 Å². The van der Waals surface area contributed by atoms with Crippen LogP contribution < -0.4 is 5.73 Å². The number of carboxylic acid groups (broad SMARTS) is 1. The van der Waals surface area contributed by atoms with Crippen molar-refractivity contribution in [3.63, 3.8) is 0 Å². The van der Waals surface area contributed by atoms with Crippen molar-refractivity contribution in [2.45, 2.75) is 6.92 Å². The fourth-order valence-electron chi connectivity index (χ4n) is 1.44. The number of aryl methyl sites for hydroxylation is 1. The van der Waals surface area contributed by atoms with Crippen LogP contribution in [0.2, 0.25) is 0 Å². The number of thiophene rings is 1. The first kappa shape index (κ1) is 9.02. The molecule has 0 aliphatic rings. The lowest BCUT2D eigenvalue weighted by molar-refractivity contribution is 0.0696. The van der Waals surface area contributed by atoms with Gasteiger partial charge in [-0.15, -0.1) is 11.3 Å². The van der Waals surface area contributed by atoms with Crippen LogP contribution in [0.1, 0.15) is 15.9 Å². The number of benzene rings is 1. The van der Waals surface area contributed by atoms with Gasteiger partial charge in [-0.3, -0.25) is 0 Å². The van der Waals surface area contributed by atoms with Gasteiger partial charge in [0.2, 0.25) is 0 Å². The van der Waals surface area contributed by atoms with Gasteiger partial charge in [0.1, 0.15) is 0 Å². The second-order valence-corrected chi connectivity index (χ2v) is 4.27. The number of hydrogen-bond donors (Lipinski definition) is 2. The number of hydrogen-bond acceptors (Lipinski definition) is 3. The third-order valence-electron chi connectivity index (χ3n) is 2.11. The van der Waals surface area contributed by atoms with E-state index in [0.717, 1.165) is 15.6 Å². The van der Waals surface area contributed by atoms with Crippen molar-refractivity contribution >= 4 is 32.4 Å². The lowest BCUT2D eigenvalue weighted by Gasteiger charge is -1.99. The molecule has 0 atom stereocenters.